The highest BCUT2D eigenvalue weighted by atomic mass is 32.2. The highest BCUT2D eigenvalue weighted by molar-refractivity contribution is 7.89. The number of esters is 1. The summed E-state index contributed by atoms with van der Waals surface area (Å²) in [6, 6.07) is 8.72. The molecule has 0 spiro atoms. The molecular weight excluding hydrogens is 292 g/mol. The Morgan fingerprint density at radius 3 is 2.38 bits per heavy atom. The van der Waals surface area contributed by atoms with Crippen LogP contribution in [0.5, 0.6) is 0 Å². The van der Waals surface area contributed by atoms with Gasteiger partial charge in [-0.05, 0) is 26.3 Å². The molecule has 21 heavy (non-hydrogen) atoms. The van der Waals surface area contributed by atoms with E-state index in [0.29, 0.717) is 5.56 Å². The fourth-order valence-electron chi connectivity index (χ4n) is 1.56. The van der Waals surface area contributed by atoms with Crippen LogP contribution in [0, 0.1) is 11.3 Å². The number of ether oxygens (including phenoxy) is 1. The number of nitriles is 1. The van der Waals surface area contributed by atoms with E-state index in [2.05, 4.69) is 4.72 Å². The molecule has 114 valence electrons. The van der Waals surface area contributed by atoms with Crippen LogP contribution in [0.2, 0.25) is 0 Å². The largest absolute Gasteiger partial charge is 0.459 e. The van der Waals surface area contributed by atoms with E-state index in [4.69, 9.17) is 10.00 Å². The van der Waals surface area contributed by atoms with Gasteiger partial charge in [-0.25, -0.2) is 13.2 Å². The minimum atomic E-state index is -3.89. The van der Waals surface area contributed by atoms with E-state index < -0.39 is 33.4 Å². The standard InChI is InChI=1S/C14H18N2O4S/c1-14(2,3)20-13(17)12(11-7-5-4-6-8-11)16-21(18,19)10-9-15/h4-8,12,16H,10H2,1-3H3/t12-/m1/s1. The highest BCUT2D eigenvalue weighted by Gasteiger charge is 2.30. The topological polar surface area (TPSA) is 96.3 Å². The highest BCUT2D eigenvalue weighted by Crippen LogP contribution is 2.19. The first-order valence-corrected chi connectivity index (χ1v) is 7.94. The van der Waals surface area contributed by atoms with Crippen LogP contribution in [-0.2, 0) is 19.6 Å². The molecule has 0 bridgehead atoms. The number of carbonyl (C=O) groups is 1. The molecule has 1 N–H and O–H groups in total. The molecule has 0 saturated carbocycles. The van der Waals surface area contributed by atoms with Gasteiger partial charge in [0.1, 0.15) is 11.6 Å². The Hall–Kier alpha value is -1.91. The molecule has 0 aromatic heterocycles. The van der Waals surface area contributed by atoms with Gasteiger partial charge in [-0.3, -0.25) is 0 Å². The number of nitrogens with zero attached hydrogens (tertiary/aromatic N) is 1. The SMILES string of the molecule is CC(C)(C)OC(=O)[C@H](NS(=O)(=O)CC#N)c1ccccc1. The van der Waals surface area contributed by atoms with E-state index in [0.717, 1.165) is 0 Å². The summed E-state index contributed by atoms with van der Waals surface area (Å²) in [4.78, 5) is 12.2. The van der Waals surface area contributed by atoms with Crippen molar-refractivity contribution in [1.82, 2.24) is 4.72 Å². The van der Waals surface area contributed by atoms with Gasteiger partial charge in [-0.15, -0.1) is 0 Å². The fraction of sp³-hybridized carbons (Fsp3) is 0.429. The van der Waals surface area contributed by atoms with E-state index in [9.17, 15) is 13.2 Å². The smallest absolute Gasteiger partial charge is 0.329 e. The third kappa shape index (κ3) is 5.94. The van der Waals surface area contributed by atoms with Crippen molar-refractivity contribution in [2.45, 2.75) is 32.4 Å². The van der Waals surface area contributed by atoms with Gasteiger partial charge in [0.25, 0.3) is 0 Å². The molecule has 0 fully saturated rings. The zero-order valence-electron chi connectivity index (χ0n) is 12.2. The zero-order valence-corrected chi connectivity index (χ0v) is 13.0. The van der Waals surface area contributed by atoms with Crippen molar-refractivity contribution in [3.63, 3.8) is 0 Å². The number of hydrogen-bond acceptors (Lipinski definition) is 5. The second-order valence-corrected chi connectivity index (χ2v) is 7.17. The van der Waals surface area contributed by atoms with E-state index in [1.165, 1.54) is 0 Å². The number of benzene rings is 1. The Morgan fingerprint density at radius 1 is 1.33 bits per heavy atom. The molecule has 0 unspecified atom stereocenters. The summed E-state index contributed by atoms with van der Waals surface area (Å²) < 4.78 is 30.9. The van der Waals surface area contributed by atoms with Crippen LogP contribution < -0.4 is 4.72 Å². The maximum absolute atomic E-state index is 12.2. The Morgan fingerprint density at radius 2 is 1.90 bits per heavy atom. The van der Waals surface area contributed by atoms with Crippen molar-refractivity contribution >= 4 is 16.0 Å². The predicted molar refractivity (Wildman–Crippen MR) is 77.6 cm³/mol. The van der Waals surface area contributed by atoms with Crippen molar-refractivity contribution in [3.05, 3.63) is 35.9 Å². The van der Waals surface area contributed by atoms with Crippen LogP contribution in [0.15, 0.2) is 30.3 Å². The Bertz CT molecular complexity index is 627. The van der Waals surface area contributed by atoms with Gasteiger partial charge >= 0.3 is 5.97 Å². The molecule has 1 atom stereocenters. The summed E-state index contributed by atoms with van der Waals surface area (Å²) in [7, 11) is -3.89. The number of sulfonamides is 1. The lowest BCUT2D eigenvalue weighted by Crippen LogP contribution is -2.38. The molecule has 6 nitrogen and oxygen atoms in total. The van der Waals surface area contributed by atoms with Crippen LogP contribution in [-0.4, -0.2) is 25.7 Å². The Kier molecular flexibility index (Phi) is 5.47. The van der Waals surface area contributed by atoms with Crippen molar-refractivity contribution < 1.29 is 17.9 Å². The summed E-state index contributed by atoms with van der Waals surface area (Å²) >= 11 is 0. The van der Waals surface area contributed by atoms with Gasteiger partial charge in [-0.1, -0.05) is 30.3 Å². The first-order chi connectivity index (χ1) is 9.64. The van der Waals surface area contributed by atoms with E-state index in [1.807, 2.05) is 0 Å². The minimum absolute atomic E-state index is 0.452. The molecule has 0 heterocycles. The second kappa shape index (κ2) is 6.70. The average molecular weight is 310 g/mol. The van der Waals surface area contributed by atoms with E-state index >= 15 is 0 Å². The van der Waals surface area contributed by atoms with E-state index in [1.54, 1.807) is 57.2 Å². The monoisotopic (exact) mass is 310 g/mol. The molecule has 0 amide bonds. The van der Waals surface area contributed by atoms with Gasteiger partial charge in [-0.2, -0.15) is 9.98 Å². The van der Waals surface area contributed by atoms with Crippen LogP contribution in [0.3, 0.4) is 0 Å². The maximum Gasteiger partial charge on any atom is 0.329 e. The molecule has 1 aromatic carbocycles. The zero-order chi connectivity index (χ0) is 16.1. The number of nitrogens with one attached hydrogen (secondary N) is 1. The quantitative estimate of drug-likeness (QED) is 0.832. The molecule has 7 heteroatoms. The van der Waals surface area contributed by atoms with Gasteiger partial charge in [0.2, 0.25) is 10.0 Å². The number of rotatable bonds is 5. The van der Waals surface area contributed by atoms with Crippen LogP contribution in [0.25, 0.3) is 0 Å². The van der Waals surface area contributed by atoms with Crippen LogP contribution in [0.1, 0.15) is 32.4 Å². The van der Waals surface area contributed by atoms with Crippen molar-refractivity contribution in [3.8, 4) is 6.07 Å². The third-order valence-corrected chi connectivity index (χ3v) is 3.43. The molecule has 0 radical (unpaired) electrons. The van der Waals surface area contributed by atoms with Crippen LogP contribution >= 0.6 is 0 Å². The molecule has 0 aliphatic rings. The summed E-state index contributed by atoms with van der Waals surface area (Å²) in [5, 5.41) is 8.53. The number of hydrogen-bond donors (Lipinski definition) is 1. The minimum Gasteiger partial charge on any atom is -0.459 e. The van der Waals surface area contributed by atoms with Crippen LogP contribution in [0.4, 0.5) is 0 Å². The normalized spacial score (nSPS) is 13.2. The molecule has 1 rings (SSSR count). The van der Waals surface area contributed by atoms with Gasteiger partial charge < -0.3 is 4.74 Å². The van der Waals surface area contributed by atoms with Crippen molar-refractivity contribution in [2.75, 3.05) is 5.75 Å². The molecule has 0 aliphatic carbocycles. The van der Waals surface area contributed by atoms with Crippen molar-refractivity contribution in [1.29, 1.82) is 5.26 Å². The van der Waals surface area contributed by atoms with Crippen molar-refractivity contribution in [2.24, 2.45) is 0 Å². The lowest BCUT2D eigenvalue weighted by Gasteiger charge is -2.24. The summed E-state index contributed by atoms with van der Waals surface area (Å²) in [5.41, 5.74) is -0.293. The van der Waals surface area contributed by atoms with Gasteiger partial charge in [0.15, 0.2) is 5.75 Å². The molecule has 0 saturated heterocycles. The molecule has 0 aliphatic heterocycles. The second-order valence-electron chi connectivity index (χ2n) is 5.41. The molecular formula is C14H18N2O4S. The molecule has 1 aromatic rings. The number of carbonyl (C=O) groups excluding carboxylic acids is 1. The first-order valence-electron chi connectivity index (χ1n) is 6.29. The first kappa shape index (κ1) is 17.1. The van der Waals surface area contributed by atoms with E-state index in [-0.39, 0.29) is 0 Å². The average Bonchev–Trinajstić information content (AvgIpc) is 2.35. The maximum atomic E-state index is 12.2. The van der Waals surface area contributed by atoms with Gasteiger partial charge in [0, 0.05) is 0 Å². The predicted octanol–water partition coefficient (Wildman–Crippen LogP) is 1.51. The summed E-state index contributed by atoms with van der Waals surface area (Å²) in [6.45, 7) is 5.07. The summed E-state index contributed by atoms with van der Waals surface area (Å²) in [6.07, 6.45) is 0. The summed E-state index contributed by atoms with van der Waals surface area (Å²) in [5.74, 6) is -1.44. The Labute approximate surface area is 124 Å². The Balaban J connectivity index is 3.08. The van der Waals surface area contributed by atoms with Gasteiger partial charge in [0.05, 0.1) is 6.07 Å². The lowest BCUT2D eigenvalue weighted by atomic mass is 10.1. The third-order valence-electron chi connectivity index (χ3n) is 2.33. The lowest BCUT2D eigenvalue weighted by molar-refractivity contribution is -0.157. The fourth-order valence-corrected chi connectivity index (χ4v) is 2.41.